The van der Waals surface area contributed by atoms with Crippen molar-refractivity contribution in [3.05, 3.63) is 64.5 Å². The van der Waals surface area contributed by atoms with Crippen LogP contribution in [0, 0.1) is 26.6 Å². The number of hydrogen-bond acceptors (Lipinski definition) is 2. The summed E-state index contributed by atoms with van der Waals surface area (Å²) in [5.41, 5.74) is 4.29. The third-order valence-corrected chi connectivity index (χ3v) is 4.06. The van der Waals surface area contributed by atoms with E-state index in [2.05, 4.69) is 11.4 Å². The molecule has 0 aliphatic carbocycles. The van der Waals surface area contributed by atoms with Crippen molar-refractivity contribution >= 4 is 5.91 Å². The molecule has 0 aliphatic heterocycles. The Morgan fingerprint density at radius 1 is 1.17 bits per heavy atom. The van der Waals surface area contributed by atoms with E-state index in [1.807, 2.05) is 26.8 Å². The van der Waals surface area contributed by atoms with Gasteiger partial charge < -0.3 is 10.1 Å². The Labute approximate surface area is 142 Å². The van der Waals surface area contributed by atoms with Crippen LogP contribution in [0.2, 0.25) is 0 Å². The molecule has 0 fully saturated rings. The van der Waals surface area contributed by atoms with Crippen molar-refractivity contribution in [1.29, 1.82) is 0 Å². The van der Waals surface area contributed by atoms with Crippen molar-refractivity contribution in [2.24, 2.45) is 0 Å². The molecule has 0 aliphatic rings. The summed E-state index contributed by atoms with van der Waals surface area (Å²) in [5, 5.41) is 2.86. The summed E-state index contributed by atoms with van der Waals surface area (Å²) in [4.78, 5) is 12.2. The first-order chi connectivity index (χ1) is 11.4. The van der Waals surface area contributed by atoms with Crippen LogP contribution in [0.4, 0.5) is 4.39 Å². The molecule has 2 aromatic carbocycles. The molecule has 1 amide bonds. The van der Waals surface area contributed by atoms with Gasteiger partial charge in [0.2, 0.25) is 0 Å². The molecule has 128 valence electrons. The Bertz CT molecular complexity index is 710. The van der Waals surface area contributed by atoms with E-state index >= 15 is 0 Å². The third kappa shape index (κ3) is 4.82. The number of ether oxygens (including phenoxy) is 1. The number of rotatable bonds is 6. The topological polar surface area (TPSA) is 38.3 Å². The molecule has 0 spiro atoms. The van der Waals surface area contributed by atoms with Gasteiger partial charge in [0, 0.05) is 6.54 Å². The maximum absolute atomic E-state index is 12.9. The summed E-state index contributed by atoms with van der Waals surface area (Å²) < 4.78 is 18.7. The standard InChI is InChI=1S/C20H24FNO2/c1-13-11-14(2)15(3)19(12-13)24-16(4)20(23)22-10-9-17-5-7-18(21)8-6-17/h5-8,11-12,16H,9-10H2,1-4H3,(H,22,23). The van der Waals surface area contributed by atoms with Crippen LogP contribution in [-0.4, -0.2) is 18.6 Å². The van der Waals surface area contributed by atoms with Crippen LogP contribution in [0.15, 0.2) is 36.4 Å². The highest BCUT2D eigenvalue weighted by Gasteiger charge is 2.16. The van der Waals surface area contributed by atoms with Gasteiger partial charge in [-0.1, -0.05) is 18.2 Å². The van der Waals surface area contributed by atoms with Gasteiger partial charge in [-0.3, -0.25) is 4.79 Å². The highest BCUT2D eigenvalue weighted by Crippen LogP contribution is 2.24. The molecule has 0 bridgehead atoms. The number of hydrogen-bond donors (Lipinski definition) is 1. The fourth-order valence-corrected chi connectivity index (χ4v) is 2.49. The summed E-state index contributed by atoms with van der Waals surface area (Å²) in [6.07, 6.45) is 0.0829. The van der Waals surface area contributed by atoms with Gasteiger partial charge in [0.1, 0.15) is 11.6 Å². The first kappa shape index (κ1) is 18.0. The number of carbonyl (C=O) groups excluding carboxylic acids is 1. The molecular weight excluding hydrogens is 305 g/mol. The zero-order valence-electron chi connectivity index (χ0n) is 14.7. The average Bonchev–Trinajstić information content (AvgIpc) is 2.53. The molecule has 2 aromatic rings. The molecule has 0 saturated carbocycles. The van der Waals surface area contributed by atoms with Crippen molar-refractivity contribution in [3.8, 4) is 5.75 Å². The zero-order valence-corrected chi connectivity index (χ0v) is 14.7. The van der Waals surface area contributed by atoms with Gasteiger partial charge in [-0.25, -0.2) is 4.39 Å². The third-order valence-electron chi connectivity index (χ3n) is 4.06. The van der Waals surface area contributed by atoms with Crippen LogP contribution in [0.3, 0.4) is 0 Å². The number of aryl methyl sites for hydroxylation is 2. The van der Waals surface area contributed by atoms with E-state index in [0.717, 1.165) is 28.0 Å². The van der Waals surface area contributed by atoms with E-state index in [1.54, 1.807) is 19.1 Å². The van der Waals surface area contributed by atoms with E-state index in [-0.39, 0.29) is 11.7 Å². The molecule has 0 saturated heterocycles. The fraction of sp³-hybridized carbons (Fsp3) is 0.350. The highest BCUT2D eigenvalue weighted by atomic mass is 19.1. The number of halogens is 1. The number of nitrogens with one attached hydrogen (secondary N) is 1. The second kappa shape index (κ2) is 7.95. The summed E-state index contributed by atoms with van der Waals surface area (Å²) in [6, 6.07) is 10.3. The fourth-order valence-electron chi connectivity index (χ4n) is 2.49. The lowest BCUT2D eigenvalue weighted by molar-refractivity contribution is -0.127. The highest BCUT2D eigenvalue weighted by molar-refractivity contribution is 5.80. The van der Waals surface area contributed by atoms with Gasteiger partial charge in [0.05, 0.1) is 0 Å². The first-order valence-corrected chi connectivity index (χ1v) is 8.13. The summed E-state index contributed by atoms with van der Waals surface area (Å²) in [6.45, 7) is 8.26. The molecule has 24 heavy (non-hydrogen) atoms. The Hall–Kier alpha value is -2.36. The zero-order chi connectivity index (χ0) is 17.7. The maximum Gasteiger partial charge on any atom is 0.260 e. The van der Waals surface area contributed by atoms with Crippen molar-refractivity contribution in [2.45, 2.75) is 40.2 Å². The maximum atomic E-state index is 12.9. The van der Waals surface area contributed by atoms with E-state index in [1.165, 1.54) is 12.1 Å². The van der Waals surface area contributed by atoms with Gasteiger partial charge in [-0.2, -0.15) is 0 Å². The lowest BCUT2D eigenvalue weighted by Crippen LogP contribution is -2.37. The molecule has 0 radical (unpaired) electrons. The molecule has 1 unspecified atom stereocenters. The van der Waals surface area contributed by atoms with E-state index < -0.39 is 6.10 Å². The lowest BCUT2D eigenvalue weighted by Gasteiger charge is -2.18. The minimum atomic E-state index is -0.571. The minimum absolute atomic E-state index is 0.157. The second-order valence-corrected chi connectivity index (χ2v) is 6.13. The monoisotopic (exact) mass is 329 g/mol. The van der Waals surface area contributed by atoms with Crippen molar-refractivity contribution in [3.63, 3.8) is 0 Å². The van der Waals surface area contributed by atoms with Gasteiger partial charge >= 0.3 is 0 Å². The van der Waals surface area contributed by atoms with Crippen LogP contribution in [0.1, 0.15) is 29.2 Å². The smallest absolute Gasteiger partial charge is 0.260 e. The van der Waals surface area contributed by atoms with Crippen molar-refractivity contribution < 1.29 is 13.9 Å². The lowest BCUT2D eigenvalue weighted by atomic mass is 10.1. The minimum Gasteiger partial charge on any atom is -0.481 e. The molecule has 4 heteroatoms. The van der Waals surface area contributed by atoms with E-state index in [4.69, 9.17) is 4.74 Å². The predicted octanol–water partition coefficient (Wildman–Crippen LogP) is 3.88. The van der Waals surface area contributed by atoms with Crippen LogP contribution in [0.5, 0.6) is 5.75 Å². The molecule has 0 heterocycles. The SMILES string of the molecule is Cc1cc(C)c(C)c(OC(C)C(=O)NCCc2ccc(F)cc2)c1. The van der Waals surface area contributed by atoms with Crippen molar-refractivity contribution in [1.82, 2.24) is 5.32 Å². The molecule has 2 rings (SSSR count). The van der Waals surface area contributed by atoms with E-state index in [9.17, 15) is 9.18 Å². The largest absolute Gasteiger partial charge is 0.481 e. The van der Waals surface area contributed by atoms with Crippen LogP contribution >= 0.6 is 0 Å². The number of benzene rings is 2. The summed E-state index contributed by atoms with van der Waals surface area (Å²) in [7, 11) is 0. The second-order valence-electron chi connectivity index (χ2n) is 6.13. The Balaban J connectivity index is 1.87. The predicted molar refractivity (Wildman–Crippen MR) is 93.9 cm³/mol. The Morgan fingerprint density at radius 3 is 2.50 bits per heavy atom. The van der Waals surface area contributed by atoms with Crippen LogP contribution < -0.4 is 10.1 Å². The van der Waals surface area contributed by atoms with Crippen LogP contribution in [0.25, 0.3) is 0 Å². The van der Waals surface area contributed by atoms with Gasteiger partial charge in [0.25, 0.3) is 5.91 Å². The molecule has 0 aromatic heterocycles. The van der Waals surface area contributed by atoms with Gasteiger partial charge in [0.15, 0.2) is 6.10 Å². The summed E-state index contributed by atoms with van der Waals surface area (Å²) in [5.74, 6) is 0.331. The van der Waals surface area contributed by atoms with E-state index in [0.29, 0.717) is 13.0 Å². The molecule has 1 atom stereocenters. The normalized spacial score (nSPS) is 11.9. The number of carbonyl (C=O) groups is 1. The number of amides is 1. The summed E-state index contributed by atoms with van der Waals surface area (Å²) >= 11 is 0. The Morgan fingerprint density at radius 2 is 1.83 bits per heavy atom. The van der Waals surface area contributed by atoms with Gasteiger partial charge in [-0.15, -0.1) is 0 Å². The van der Waals surface area contributed by atoms with Crippen molar-refractivity contribution in [2.75, 3.05) is 6.54 Å². The molecule has 1 N–H and O–H groups in total. The quantitative estimate of drug-likeness (QED) is 0.873. The first-order valence-electron chi connectivity index (χ1n) is 8.13. The van der Waals surface area contributed by atoms with Crippen LogP contribution in [-0.2, 0) is 11.2 Å². The molecular formula is C20H24FNO2. The average molecular weight is 329 g/mol. The van der Waals surface area contributed by atoms with Gasteiger partial charge in [-0.05, 0) is 74.6 Å². The molecule has 3 nitrogen and oxygen atoms in total. The Kier molecular flexibility index (Phi) is 5.96.